The fourth-order valence-corrected chi connectivity index (χ4v) is 3.58. The first-order chi connectivity index (χ1) is 11.9. The Morgan fingerprint density at radius 3 is 2.76 bits per heavy atom. The number of nitrogens with zero attached hydrogens (tertiary/aromatic N) is 2. The van der Waals surface area contributed by atoms with E-state index in [1.807, 2.05) is 0 Å². The van der Waals surface area contributed by atoms with Crippen molar-refractivity contribution in [2.75, 3.05) is 18.2 Å². The van der Waals surface area contributed by atoms with Crippen molar-refractivity contribution in [1.29, 1.82) is 0 Å². The lowest BCUT2D eigenvalue weighted by Gasteiger charge is -2.08. The Labute approximate surface area is 146 Å². The summed E-state index contributed by atoms with van der Waals surface area (Å²) in [6, 6.07) is 6.53. The summed E-state index contributed by atoms with van der Waals surface area (Å²) in [6.45, 7) is 1.47. The molecule has 134 valence electrons. The zero-order valence-corrected chi connectivity index (χ0v) is 14.8. The molecule has 3 rings (SSSR count). The molecule has 0 spiro atoms. The Bertz CT molecular complexity index is 837. The molecular formula is C17H21N3O4S. The molecule has 1 N–H and O–H groups in total. The van der Waals surface area contributed by atoms with Crippen molar-refractivity contribution in [2.24, 2.45) is 0 Å². The SMILES string of the molecule is CS(=O)(=O)Cc1ccc(C(=O)Nc2cnn(CC3CCCO3)c2)cc1. The first-order valence-corrected chi connectivity index (χ1v) is 10.2. The smallest absolute Gasteiger partial charge is 0.255 e. The normalized spacial score (nSPS) is 17.6. The Balaban J connectivity index is 1.59. The second-order valence-electron chi connectivity index (χ2n) is 6.31. The van der Waals surface area contributed by atoms with Crippen LogP contribution in [0.25, 0.3) is 0 Å². The third-order valence-corrected chi connectivity index (χ3v) is 4.81. The van der Waals surface area contributed by atoms with E-state index in [0.29, 0.717) is 23.4 Å². The van der Waals surface area contributed by atoms with Gasteiger partial charge in [-0.05, 0) is 30.5 Å². The Hall–Kier alpha value is -2.19. The van der Waals surface area contributed by atoms with E-state index in [0.717, 1.165) is 19.4 Å². The first kappa shape index (κ1) is 17.6. The molecule has 7 nitrogen and oxygen atoms in total. The molecule has 0 aliphatic carbocycles. The third kappa shape index (κ3) is 5.14. The standard InChI is InChI=1S/C17H21N3O4S/c1-25(22,23)12-13-4-6-14(7-5-13)17(21)19-15-9-18-20(10-15)11-16-3-2-8-24-16/h4-7,9-10,16H,2-3,8,11-12H2,1H3,(H,19,21). The molecular weight excluding hydrogens is 342 g/mol. The number of rotatable bonds is 6. The predicted molar refractivity (Wildman–Crippen MR) is 94.1 cm³/mol. The molecule has 1 fully saturated rings. The van der Waals surface area contributed by atoms with Crippen molar-refractivity contribution < 1.29 is 17.9 Å². The van der Waals surface area contributed by atoms with Crippen LogP contribution in [0, 0.1) is 0 Å². The van der Waals surface area contributed by atoms with Crippen LogP contribution in [-0.2, 0) is 26.9 Å². The van der Waals surface area contributed by atoms with Crippen LogP contribution in [0.3, 0.4) is 0 Å². The molecule has 2 heterocycles. The molecule has 0 saturated carbocycles. The predicted octanol–water partition coefficient (Wildman–Crippen LogP) is 1.86. The maximum Gasteiger partial charge on any atom is 0.255 e. The van der Waals surface area contributed by atoms with Crippen molar-refractivity contribution >= 4 is 21.4 Å². The summed E-state index contributed by atoms with van der Waals surface area (Å²) in [4.78, 5) is 12.3. The van der Waals surface area contributed by atoms with Crippen molar-refractivity contribution in [3.8, 4) is 0 Å². The highest BCUT2D eigenvalue weighted by atomic mass is 32.2. The lowest BCUT2D eigenvalue weighted by Crippen LogP contribution is -2.15. The molecule has 2 aromatic rings. The van der Waals surface area contributed by atoms with Gasteiger partial charge >= 0.3 is 0 Å². The van der Waals surface area contributed by atoms with Crippen LogP contribution < -0.4 is 5.32 Å². The molecule has 1 atom stereocenters. The molecule has 1 aliphatic heterocycles. The minimum Gasteiger partial charge on any atom is -0.376 e. The van der Waals surface area contributed by atoms with E-state index in [-0.39, 0.29) is 17.8 Å². The summed E-state index contributed by atoms with van der Waals surface area (Å²) < 4.78 is 29.9. The van der Waals surface area contributed by atoms with Gasteiger partial charge in [-0.15, -0.1) is 0 Å². The minimum atomic E-state index is -3.09. The summed E-state index contributed by atoms with van der Waals surface area (Å²) in [6.07, 6.45) is 6.85. The number of hydrogen-bond acceptors (Lipinski definition) is 5. The minimum absolute atomic E-state index is 0.0368. The number of anilines is 1. The highest BCUT2D eigenvalue weighted by Crippen LogP contribution is 2.15. The molecule has 1 unspecified atom stereocenters. The summed E-state index contributed by atoms with van der Waals surface area (Å²) in [5.41, 5.74) is 1.73. The molecule has 1 amide bonds. The number of carbonyl (C=O) groups excluding carboxylic acids is 1. The number of aromatic nitrogens is 2. The van der Waals surface area contributed by atoms with Gasteiger partial charge in [0.1, 0.15) is 0 Å². The summed E-state index contributed by atoms with van der Waals surface area (Å²) in [5.74, 6) is -0.298. The quantitative estimate of drug-likeness (QED) is 0.846. The van der Waals surface area contributed by atoms with Gasteiger partial charge in [-0.3, -0.25) is 9.48 Å². The van der Waals surface area contributed by atoms with E-state index in [9.17, 15) is 13.2 Å². The third-order valence-electron chi connectivity index (χ3n) is 3.95. The molecule has 25 heavy (non-hydrogen) atoms. The van der Waals surface area contributed by atoms with Crippen LogP contribution in [0.15, 0.2) is 36.7 Å². The van der Waals surface area contributed by atoms with E-state index >= 15 is 0 Å². The molecule has 0 bridgehead atoms. The monoisotopic (exact) mass is 363 g/mol. The van der Waals surface area contributed by atoms with Gasteiger partial charge < -0.3 is 10.1 Å². The molecule has 1 aromatic carbocycles. The van der Waals surface area contributed by atoms with Crippen LogP contribution in [0.5, 0.6) is 0 Å². The molecule has 0 radical (unpaired) electrons. The van der Waals surface area contributed by atoms with Gasteiger partial charge in [0.15, 0.2) is 9.84 Å². The van der Waals surface area contributed by atoms with Gasteiger partial charge in [0.05, 0.1) is 30.3 Å². The number of nitrogens with one attached hydrogen (secondary N) is 1. The highest BCUT2D eigenvalue weighted by Gasteiger charge is 2.16. The van der Waals surface area contributed by atoms with Gasteiger partial charge in [0, 0.05) is 24.6 Å². The lowest BCUT2D eigenvalue weighted by molar-refractivity contribution is 0.0940. The van der Waals surface area contributed by atoms with E-state index in [1.165, 1.54) is 6.26 Å². The number of amides is 1. The van der Waals surface area contributed by atoms with Crippen LogP contribution in [0.4, 0.5) is 5.69 Å². The van der Waals surface area contributed by atoms with Crippen molar-refractivity contribution in [1.82, 2.24) is 9.78 Å². The number of benzene rings is 1. The molecule has 1 saturated heterocycles. The molecule has 1 aliphatic rings. The van der Waals surface area contributed by atoms with E-state index in [4.69, 9.17) is 4.74 Å². The van der Waals surface area contributed by atoms with Gasteiger partial charge in [-0.25, -0.2) is 8.42 Å². The second-order valence-corrected chi connectivity index (χ2v) is 8.45. The Kier molecular flexibility index (Phi) is 5.19. The summed E-state index contributed by atoms with van der Waals surface area (Å²) in [7, 11) is -3.09. The van der Waals surface area contributed by atoms with E-state index in [2.05, 4.69) is 10.4 Å². The Morgan fingerprint density at radius 1 is 1.36 bits per heavy atom. The fourth-order valence-electron chi connectivity index (χ4n) is 2.78. The lowest BCUT2D eigenvalue weighted by atomic mass is 10.1. The van der Waals surface area contributed by atoms with E-state index in [1.54, 1.807) is 41.3 Å². The zero-order valence-electron chi connectivity index (χ0n) is 14.0. The maximum atomic E-state index is 12.3. The molecule has 8 heteroatoms. The van der Waals surface area contributed by atoms with Crippen LogP contribution in [0.1, 0.15) is 28.8 Å². The zero-order chi connectivity index (χ0) is 17.9. The van der Waals surface area contributed by atoms with Gasteiger partial charge in [-0.1, -0.05) is 12.1 Å². The summed E-state index contributed by atoms with van der Waals surface area (Å²) >= 11 is 0. The Morgan fingerprint density at radius 2 is 2.12 bits per heavy atom. The number of hydrogen-bond donors (Lipinski definition) is 1. The number of sulfone groups is 1. The highest BCUT2D eigenvalue weighted by molar-refractivity contribution is 7.89. The van der Waals surface area contributed by atoms with Crippen LogP contribution in [-0.4, -0.2) is 43.1 Å². The summed E-state index contributed by atoms with van der Waals surface area (Å²) in [5, 5.41) is 7.03. The average Bonchev–Trinajstić information content (AvgIpc) is 3.19. The van der Waals surface area contributed by atoms with Crippen LogP contribution in [0.2, 0.25) is 0 Å². The molecule has 1 aromatic heterocycles. The van der Waals surface area contributed by atoms with Crippen molar-refractivity contribution in [2.45, 2.75) is 31.2 Å². The number of ether oxygens (including phenoxy) is 1. The number of carbonyl (C=O) groups is 1. The largest absolute Gasteiger partial charge is 0.376 e. The fraction of sp³-hybridized carbons (Fsp3) is 0.412. The van der Waals surface area contributed by atoms with Crippen molar-refractivity contribution in [3.05, 3.63) is 47.8 Å². The average molecular weight is 363 g/mol. The van der Waals surface area contributed by atoms with E-state index < -0.39 is 9.84 Å². The second kappa shape index (κ2) is 7.37. The van der Waals surface area contributed by atoms with Crippen molar-refractivity contribution in [3.63, 3.8) is 0 Å². The van der Waals surface area contributed by atoms with Gasteiger partial charge in [0.2, 0.25) is 0 Å². The topological polar surface area (TPSA) is 90.3 Å². The first-order valence-electron chi connectivity index (χ1n) is 8.11. The van der Waals surface area contributed by atoms with Crippen LogP contribution >= 0.6 is 0 Å². The van der Waals surface area contributed by atoms with Gasteiger partial charge in [-0.2, -0.15) is 5.10 Å². The maximum absolute atomic E-state index is 12.3. The van der Waals surface area contributed by atoms with Gasteiger partial charge in [0.25, 0.3) is 5.91 Å².